The molecule has 0 bridgehead atoms. The number of hydrogen-bond donors (Lipinski definition) is 1. The number of carbonyl (C=O) groups excluding carboxylic acids is 1. The van der Waals surface area contributed by atoms with E-state index < -0.39 is 5.91 Å². The number of carbonyl (C=O) groups is 1. The maximum absolute atomic E-state index is 13.2. The van der Waals surface area contributed by atoms with Crippen molar-refractivity contribution in [3.05, 3.63) is 41.2 Å². The van der Waals surface area contributed by atoms with Gasteiger partial charge in [0, 0.05) is 6.08 Å². The Balaban J connectivity index is 2.60. The van der Waals surface area contributed by atoms with Crippen LogP contribution in [0.15, 0.2) is 24.3 Å². The molecule has 2 N–H and O–H groups in total. The first-order valence-electron chi connectivity index (χ1n) is 5.20. The van der Waals surface area contributed by atoms with Crippen molar-refractivity contribution in [1.29, 1.82) is 0 Å². The van der Waals surface area contributed by atoms with Crippen molar-refractivity contribution in [2.75, 3.05) is 0 Å². The zero-order valence-electron chi connectivity index (χ0n) is 9.38. The Morgan fingerprint density at radius 3 is 2.81 bits per heavy atom. The van der Waals surface area contributed by atoms with E-state index in [0.717, 1.165) is 16.7 Å². The van der Waals surface area contributed by atoms with Gasteiger partial charge in [-0.25, -0.2) is 4.39 Å². The van der Waals surface area contributed by atoms with E-state index in [1.807, 2.05) is 0 Å². The van der Waals surface area contributed by atoms with Gasteiger partial charge in [-0.3, -0.25) is 4.79 Å². The van der Waals surface area contributed by atoms with Crippen LogP contribution in [-0.4, -0.2) is 5.91 Å². The standard InChI is InChI=1S/C13H14FNO/c1-13(2)7-8(5-12(15)16)10-6-9(14)3-4-11(10)13/h3-6H,7H2,1-2H3,(H2,15,16)/b8-5+. The van der Waals surface area contributed by atoms with E-state index in [-0.39, 0.29) is 11.2 Å². The highest BCUT2D eigenvalue weighted by molar-refractivity contribution is 5.95. The number of amides is 1. The summed E-state index contributed by atoms with van der Waals surface area (Å²) in [6, 6.07) is 4.71. The Morgan fingerprint density at radius 2 is 2.19 bits per heavy atom. The van der Waals surface area contributed by atoms with Crippen molar-refractivity contribution < 1.29 is 9.18 Å². The Morgan fingerprint density at radius 1 is 1.50 bits per heavy atom. The van der Waals surface area contributed by atoms with Crippen LogP contribution in [0.25, 0.3) is 5.57 Å². The third kappa shape index (κ3) is 1.73. The van der Waals surface area contributed by atoms with Gasteiger partial charge in [-0.2, -0.15) is 0 Å². The smallest absolute Gasteiger partial charge is 0.241 e. The predicted octanol–water partition coefficient (Wildman–Crippen LogP) is 2.38. The molecule has 0 saturated heterocycles. The zero-order valence-corrected chi connectivity index (χ0v) is 9.38. The van der Waals surface area contributed by atoms with Gasteiger partial charge in [0.25, 0.3) is 0 Å². The summed E-state index contributed by atoms with van der Waals surface area (Å²) in [5, 5.41) is 0. The SMILES string of the molecule is CC1(C)C/C(=C\C(N)=O)c2cc(F)ccc21. The number of hydrogen-bond acceptors (Lipinski definition) is 1. The number of rotatable bonds is 1. The monoisotopic (exact) mass is 219 g/mol. The molecule has 1 aromatic rings. The summed E-state index contributed by atoms with van der Waals surface area (Å²) in [5.41, 5.74) is 7.79. The van der Waals surface area contributed by atoms with Gasteiger partial charge in [0.2, 0.25) is 5.91 Å². The molecule has 3 heteroatoms. The van der Waals surface area contributed by atoms with Gasteiger partial charge in [0.05, 0.1) is 0 Å². The van der Waals surface area contributed by atoms with Crippen molar-refractivity contribution in [2.24, 2.45) is 5.73 Å². The lowest BCUT2D eigenvalue weighted by molar-refractivity contribution is -0.113. The molecular weight excluding hydrogens is 205 g/mol. The summed E-state index contributed by atoms with van der Waals surface area (Å²) in [5.74, 6) is -0.769. The fourth-order valence-electron chi connectivity index (χ4n) is 2.34. The van der Waals surface area contributed by atoms with Gasteiger partial charge in [-0.05, 0) is 40.7 Å². The first-order valence-corrected chi connectivity index (χ1v) is 5.20. The van der Waals surface area contributed by atoms with Gasteiger partial charge < -0.3 is 5.73 Å². The van der Waals surface area contributed by atoms with E-state index in [1.54, 1.807) is 6.07 Å². The summed E-state index contributed by atoms with van der Waals surface area (Å²) in [6.07, 6.45) is 2.11. The molecule has 1 amide bonds. The van der Waals surface area contributed by atoms with Crippen LogP contribution in [0, 0.1) is 5.82 Å². The molecule has 0 aromatic heterocycles. The van der Waals surface area contributed by atoms with Gasteiger partial charge >= 0.3 is 0 Å². The Bertz CT molecular complexity index is 489. The molecule has 0 aliphatic heterocycles. The van der Waals surface area contributed by atoms with Crippen LogP contribution in [0.5, 0.6) is 0 Å². The molecule has 0 atom stereocenters. The maximum atomic E-state index is 13.2. The predicted molar refractivity (Wildman–Crippen MR) is 61.2 cm³/mol. The summed E-state index contributed by atoms with van der Waals surface area (Å²) < 4.78 is 13.2. The van der Waals surface area contributed by atoms with Crippen molar-refractivity contribution in [2.45, 2.75) is 25.7 Å². The molecule has 2 rings (SSSR count). The average Bonchev–Trinajstić information content (AvgIpc) is 2.37. The maximum Gasteiger partial charge on any atom is 0.241 e. The normalized spacial score (nSPS) is 19.8. The van der Waals surface area contributed by atoms with E-state index in [1.165, 1.54) is 18.2 Å². The largest absolute Gasteiger partial charge is 0.366 e. The number of allylic oxidation sites excluding steroid dienone is 1. The number of nitrogens with two attached hydrogens (primary N) is 1. The Kier molecular flexibility index (Phi) is 2.34. The van der Waals surface area contributed by atoms with Crippen molar-refractivity contribution >= 4 is 11.5 Å². The van der Waals surface area contributed by atoms with Gasteiger partial charge in [-0.15, -0.1) is 0 Å². The molecule has 16 heavy (non-hydrogen) atoms. The molecule has 0 fully saturated rings. The van der Waals surface area contributed by atoms with Crippen molar-refractivity contribution in [3.63, 3.8) is 0 Å². The van der Waals surface area contributed by atoms with E-state index >= 15 is 0 Å². The molecule has 1 aromatic carbocycles. The topological polar surface area (TPSA) is 43.1 Å². The third-order valence-corrected chi connectivity index (χ3v) is 3.01. The zero-order chi connectivity index (χ0) is 11.9. The van der Waals surface area contributed by atoms with Crippen LogP contribution in [0.3, 0.4) is 0 Å². The van der Waals surface area contributed by atoms with E-state index in [4.69, 9.17) is 5.73 Å². The molecular formula is C13H14FNO. The van der Waals surface area contributed by atoms with Gasteiger partial charge in [0.1, 0.15) is 5.82 Å². The second-order valence-electron chi connectivity index (χ2n) is 4.82. The van der Waals surface area contributed by atoms with Crippen LogP contribution < -0.4 is 5.73 Å². The second kappa shape index (κ2) is 3.44. The highest BCUT2D eigenvalue weighted by Crippen LogP contribution is 2.45. The fourth-order valence-corrected chi connectivity index (χ4v) is 2.34. The van der Waals surface area contributed by atoms with Crippen LogP contribution in [0.1, 0.15) is 31.4 Å². The summed E-state index contributed by atoms with van der Waals surface area (Å²) in [4.78, 5) is 10.9. The van der Waals surface area contributed by atoms with E-state index in [2.05, 4.69) is 13.8 Å². The second-order valence-corrected chi connectivity index (χ2v) is 4.82. The molecule has 0 radical (unpaired) electrons. The van der Waals surface area contributed by atoms with Crippen LogP contribution in [-0.2, 0) is 10.2 Å². The van der Waals surface area contributed by atoms with Crippen LogP contribution in [0.2, 0.25) is 0 Å². The Hall–Kier alpha value is -1.64. The number of benzene rings is 1. The Labute approximate surface area is 94.0 Å². The van der Waals surface area contributed by atoms with E-state index in [9.17, 15) is 9.18 Å². The lowest BCUT2D eigenvalue weighted by atomic mass is 9.86. The lowest BCUT2D eigenvalue weighted by Crippen LogP contribution is -2.11. The van der Waals surface area contributed by atoms with Gasteiger partial charge in [-0.1, -0.05) is 19.9 Å². The quantitative estimate of drug-likeness (QED) is 0.724. The van der Waals surface area contributed by atoms with Crippen molar-refractivity contribution in [1.82, 2.24) is 0 Å². The molecule has 84 valence electrons. The highest BCUT2D eigenvalue weighted by atomic mass is 19.1. The lowest BCUT2D eigenvalue weighted by Gasteiger charge is -2.17. The van der Waals surface area contributed by atoms with Crippen LogP contribution >= 0.6 is 0 Å². The molecule has 0 unspecified atom stereocenters. The average molecular weight is 219 g/mol. The number of fused-ring (bicyclic) bond motifs is 1. The van der Waals surface area contributed by atoms with Gasteiger partial charge in [0.15, 0.2) is 0 Å². The first kappa shape index (κ1) is 10.9. The summed E-state index contributed by atoms with van der Waals surface area (Å²) in [7, 11) is 0. The first-order chi connectivity index (χ1) is 7.40. The molecule has 2 nitrogen and oxygen atoms in total. The highest BCUT2D eigenvalue weighted by Gasteiger charge is 2.33. The van der Waals surface area contributed by atoms with E-state index in [0.29, 0.717) is 6.42 Å². The minimum Gasteiger partial charge on any atom is -0.366 e. The fraction of sp³-hybridized carbons (Fsp3) is 0.308. The molecule has 0 saturated carbocycles. The molecule has 0 spiro atoms. The van der Waals surface area contributed by atoms with Crippen molar-refractivity contribution in [3.8, 4) is 0 Å². The molecule has 0 heterocycles. The number of halogens is 1. The molecule has 1 aliphatic rings. The van der Waals surface area contributed by atoms with Crippen LogP contribution in [0.4, 0.5) is 4.39 Å². The minimum atomic E-state index is -0.483. The molecule has 1 aliphatic carbocycles. The third-order valence-electron chi connectivity index (χ3n) is 3.01. The summed E-state index contributed by atoms with van der Waals surface area (Å²) in [6.45, 7) is 4.15. The minimum absolute atomic E-state index is 0.0652. The summed E-state index contributed by atoms with van der Waals surface area (Å²) >= 11 is 0. The number of primary amides is 1.